The molecule has 2 aromatic rings. The van der Waals surface area contributed by atoms with Crippen molar-refractivity contribution in [2.75, 3.05) is 11.9 Å². The van der Waals surface area contributed by atoms with Crippen LogP contribution < -0.4 is 21.9 Å². The van der Waals surface area contributed by atoms with Crippen molar-refractivity contribution < 1.29 is 9.59 Å². The summed E-state index contributed by atoms with van der Waals surface area (Å²) in [4.78, 5) is 27.6. The maximum absolute atomic E-state index is 11.0. The highest BCUT2D eigenvalue weighted by Gasteiger charge is 2.06. The van der Waals surface area contributed by atoms with Gasteiger partial charge in [0.2, 0.25) is 5.91 Å². The van der Waals surface area contributed by atoms with E-state index in [2.05, 4.69) is 27.1 Å². The van der Waals surface area contributed by atoms with E-state index in [0.29, 0.717) is 11.7 Å². The lowest BCUT2D eigenvalue weighted by Gasteiger charge is -2.02. The molecule has 0 aliphatic heterocycles. The van der Waals surface area contributed by atoms with Gasteiger partial charge in [-0.3, -0.25) is 10.2 Å². The second-order valence-electron chi connectivity index (χ2n) is 5.25. The number of nitrogens with two attached hydrogens (primary N) is 1. The fraction of sp³-hybridized carbons (Fsp3) is 0.400. The van der Waals surface area contributed by atoms with Crippen molar-refractivity contribution >= 4 is 52.2 Å². The zero-order chi connectivity index (χ0) is 17.4. The summed E-state index contributed by atoms with van der Waals surface area (Å²) in [5.41, 5.74) is 4.32. The molecule has 0 aliphatic carbocycles. The topological polar surface area (TPSA) is 109 Å². The Morgan fingerprint density at radius 1 is 1.20 bits per heavy atom. The Morgan fingerprint density at radius 2 is 2.00 bits per heavy atom. The van der Waals surface area contributed by atoms with Crippen molar-refractivity contribution in [1.29, 1.82) is 0 Å². The van der Waals surface area contributed by atoms with Gasteiger partial charge < -0.3 is 10.6 Å². The average Bonchev–Trinajstić information content (AvgIpc) is 3.18. The molecule has 0 spiro atoms. The Kier molecular flexibility index (Phi) is 9.43. The van der Waals surface area contributed by atoms with Gasteiger partial charge >= 0.3 is 6.03 Å². The van der Waals surface area contributed by atoms with E-state index in [4.69, 9.17) is 5.84 Å². The van der Waals surface area contributed by atoms with Gasteiger partial charge in [-0.2, -0.15) is 0 Å². The first-order valence-electron chi connectivity index (χ1n) is 7.59. The molecule has 0 unspecified atom stereocenters. The number of hydrogen-bond acceptors (Lipinski definition) is 6. The molecule has 2 aromatic heterocycles. The summed E-state index contributed by atoms with van der Waals surface area (Å²) in [6, 6.07) is 1.85. The molecule has 0 bridgehead atoms. The number of aromatic nitrogens is 1. The summed E-state index contributed by atoms with van der Waals surface area (Å²) in [6.45, 7) is 2.08. The molecule has 0 saturated carbocycles. The van der Waals surface area contributed by atoms with E-state index < -0.39 is 0 Å². The molecular weight excluding hydrogens is 382 g/mol. The minimum absolute atomic E-state index is 0. The Bertz CT molecular complexity index is 689. The molecule has 5 N–H and O–H groups in total. The van der Waals surface area contributed by atoms with E-state index in [1.807, 2.05) is 10.8 Å². The third kappa shape index (κ3) is 7.82. The summed E-state index contributed by atoms with van der Waals surface area (Å²) >= 11 is 3.18. The quantitative estimate of drug-likeness (QED) is 0.235. The number of halogens is 1. The number of nitrogens with one attached hydrogen (secondary N) is 3. The number of carbonyl (C=O) groups is 2. The smallest absolute Gasteiger partial charge is 0.328 e. The van der Waals surface area contributed by atoms with Crippen LogP contribution in [0.5, 0.6) is 0 Å². The SMILES string of the molecule is CC(=O)Nc1nc(CCc2csc(CCCNC(=O)NN)c2)cs1.Cl. The van der Waals surface area contributed by atoms with Crippen LogP contribution in [0.2, 0.25) is 0 Å². The molecule has 10 heteroatoms. The molecule has 25 heavy (non-hydrogen) atoms. The maximum Gasteiger partial charge on any atom is 0.328 e. The standard InChI is InChI=1S/C15H21N5O2S2.ClH/c1-10(21)18-15-19-12(9-24-15)5-4-11-7-13(23-8-11)3-2-6-17-14(22)20-16;/h7-9H,2-6,16H2,1H3,(H2,17,20,22)(H,18,19,21);1H. The molecular formula is C15H22ClN5O2S2. The Morgan fingerprint density at radius 3 is 2.72 bits per heavy atom. The monoisotopic (exact) mass is 403 g/mol. The summed E-state index contributed by atoms with van der Waals surface area (Å²) in [5.74, 6) is 4.89. The lowest BCUT2D eigenvalue weighted by Crippen LogP contribution is -2.40. The van der Waals surface area contributed by atoms with E-state index in [9.17, 15) is 9.59 Å². The number of anilines is 1. The molecule has 0 aliphatic rings. The van der Waals surface area contributed by atoms with Crippen LogP contribution in [0.15, 0.2) is 16.8 Å². The summed E-state index contributed by atoms with van der Waals surface area (Å²) < 4.78 is 0. The number of rotatable bonds is 8. The Hall–Kier alpha value is -1.68. The lowest BCUT2D eigenvalue weighted by atomic mass is 10.1. The second kappa shape index (κ2) is 11.0. The zero-order valence-corrected chi connectivity index (χ0v) is 16.3. The number of aryl methyl sites for hydroxylation is 3. The van der Waals surface area contributed by atoms with Gasteiger partial charge in [-0.15, -0.1) is 35.1 Å². The molecule has 0 radical (unpaired) electrons. The highest BCUT2D eigenvalue weighted by molar-refractivity contribution is 7.13. The molecule has 138 valence electrons. The van der Waals surface area contributed by atoms with Crippen LogP contribution in [0.1, 0.15) is 29.5 Å². The van der Waals surface area contributed by atoms with Gasteiger partial charge in [0.05, 0.1) is 5.69 Å². The molecule has 2 rings (SSSR count). The predicted octanol–water partition coefficient (Wildman–Crippen LogP) is 2.48. The van der Waals surface area contributed by atoms with Gasteiger partial charge in [-0.1, -0.05) is 0 Å². The highest BCUT2D eigenvalue weighted by Crippen LogP contribution is 2.20. The first-order chi connectivity index (χ1) is 11.6. The number of hydrogen-bond donors (Lipinski definition) is 4. The Labute approximate surface area is 160 Å². The fourth-order valence-electron chi connectivity index (χ4n) is 2.11. The number of thiophene rings is 1. The third-order valence-corrected chi connectivity index (χ3v) is 5.08. The molecule has 0 fully saturated rings. The zero-order valence-electron chi connectivity index (χ0n) is 13.8. The first-order valence-corrected chi connectivity index (χ1v) is 9.35. The van der Waals surface area contributed by atoms with Crippen molar-refractivity contribution in [2.24, 2.45) is 5.84 Å². The van der Waals surface area contributed by atoms with Crippen LogP contribution in [0.25, 0.3) is 0 Å². The number of carbonyl (C=O) groups excluding carboxylic acids is 2. The van der Waals surface area contributed by atoms with Gasteiger partial charge in [0.1, 0.15) is 0 Å². The van der Waals surface area contributed by atoms with E-state index in [-0.39, 0.29) is 24.3 Å². The fourth-order valence-corrected chi connectivity index (χ4v) is 3.87. The third-order valence-electron chi connectivity index (χ3n) is 3.23. The maximum atomic E-state index is 11.0. The summed E-state index contributed by atoms with van der Waals surface area (Å²) in [6.07, 6.45) is 3.58. The van der Waals surface area contributed by atoms with E-state index in [0.717, 1.165) is 31.4 Å². The van der Waals surface area contributed by atoms with E-state index in [1.54, 1.807) is 11.3 Å². The minimum Gasteiger partial charge on any atom is -0.337 e. The Balaban J connectivity index is 0.00000312. The second-order valence-corrected chi connectivity index (χ2v) is 7.10. The van der Waals surface area contributed by atoms with Crippen LogP contribution in [0.4, 0.5) is 9.93 Å². The van der Waals surface area contributed by atoms with Gasteiger partial charge in [-0.05, 0) is 42.7 Å². The van der Waals surface area contributed by atoms with Crippen LogP contribution >= 0.6 is 35.1 Å². The van der Waals surface area contributed by atoms with Crippen molar-refractivity contribution in [3.8, 4) is 0 Å². The molecule has 0 aromatic carbocycles. The van der Waals surface area contributed by atoms with Gasteiger partial charge in [-0.25, -0.2) is 15.6 Å². The normalized spacial score (nSPS) is 10.0. The van der Waals surface area contributed by atoms with E-state index >= 15 is 0 Å². The minimum atomic E-state index is -0.358. The van der Waals surface area contributed by atoms with Crippen LogP contribution in [-0.4, -0.2) is 23.5 Å². The number of nitrogens with zero attached hydrogens (tertiary/aromatic N) is 1. The van der Waals surface area contributed by atoms with Crippen molar-refractivity contribution in [2.45, 2.75) is 32.6 Å². The predicted molar refractivity (Wildman–Crippen MR) is 104 cm³/mol. The van der Waals surface area contributed by atoms with Crippen molar-refractivity contribution in [3.63, 3.8) is 0 Å². The molecule has 3 amide bonds. The van der Waals surface area contributed by atoms with Crippen LogP contribution in [0, 0.1) is 0 Å². The molecule has 7 nitrogen and oxygen atoms in total. The van der Waals surface area contributed by atoms with Crippen molar-refractivity contribution in [1.82, 2.24) is 15.7 Å². The molecule has 0 atom stereocenters. The summed E-state index contributed by atoms with van der Waals surface area (Å²) in [7, 11) is 0. The number of amides is 3. The summed E-state index contributed by atoms with van der Waals surface area (Å²) in [5, 5.41) is 10.2. The molecule has 2 heterocycles. The van der Waals surface area contributed by atoms with Gasteiger partial charge in [0, 0.05) is 23.7 Å². The first kappa shape index (κ1) is 21.4. The van der Waals surface area contributed by atoms with Gasteiger partial charge in [0.15, 0.2) is 5.13 Å². The van der Waals surface area contributed by atoms with Crippen LogP contribution in [-0.2, 0) is 24.1 Å². The largest absolute Gasteiger partial charge is 0.337 e. The highest BCUT2D eigenvalue weighted by atomic mass is 35.5. The van der Waals surface area contributed by atoms with Crippen LogP contribution in [0.3, 0.4) is 0 Å². The number of thiazole rings is 1. The lowest BCUT2D eigenvalue weighted by molar-refractivity contribution is -0.114. The average molecular weight is 404 g/mol. The van der Waals surface area contributed by atoms with E-state index in [1.165, 1.54) is 28.7 Å². The number of hydrazine groups is 1. The molecule has 0 saturated heterocycles. The van der Waals surface area contributed by atoms with Crippen molar-refractivity contribution in [3.05, 3.63) is 33.0 Å². The van der Waals surface area contributed by atoms with Gasteiger partial charge in [0.25, 0.3) is 0 Å². The number of urea groups is 1.